The molecule has 1 aliphatic heterocycles. The molecule has 20 heteroatoms. The molecule has 4 aromatic carbocycles. The number of carboxylic acid groups (broad SMARTS) is 1. The van der Waals surface area contributed by atoms with Crippen molar-refractivity contribution in [3.05, 3.63) is 256 Å². The van der Waals surface area contributed by atoms with Crippen molar-refractivity contribution in [1.29, 1.82) is 0 Å². The summed E-state index contributed by atoms with van der Waals surface area (Å²) < 4.78 is 26.1. The molecule has 0 fully saturated rings. The highest BCUT2D eigenvalue weighted by atomic mass is 32.1. The summed E-state index contributed by atoms with van der Waals surface area (Å²) in [6.07, 6.45) is 9.71. The zero-order chi connectivity index (χ0) is 62.6. The second kappa shape index (κ2) is 31.1. The molecule has 0 bridgehead atoms. The van der Waals surface area contributed by atoms with E-state index in [9.17, 15) is 33.8 Å². The number of carbonyl (C=O) groups is 3. The van der Waals surface area contributed by atoms with Gasteiger partial charge in [-0.3, -0.25) is 44.1 Å². The number of carboxylic acids is 1. The lowest BCUT2D eigenvalue weighted by atomic mass is 9.90. The lowest BCUT2D eigenvalue weighted by Crippen LogP contribution is -2.48. The summed E-state index contributed by atoms with van der Waals surface area (Å²) >= 11 is 5.78. The topological polar surface area (TPSA) is 237 Å². The molecule has 0 radical (unpaired) electrons. The Labute approximate surface area is 525 Å². The number of ether oxygens (including phenoxy) is 1. The van der Waals surface area contributed by atoms with Gasteiger partial charge in [0.25, 0.3) is 5.91 Å². The molecule has 2 amide bonds. The van der Waals surface area contributed by atoms with Crippen molar-refractivity contribution < 1.29 is 38.1 Å². The third-order valence-corrected chi connectivity index (χ3v) is 15.0. The number of phenolic OH excluding ortho intramolecular Hbond substituents is 1. The van der Waals surface area contributed by atoms with Gasteiger partial charge in [-0.15, -0.1) is 0 Å². The Balaban J connectivity index is 0.817. The lowest BCUT2D eigenvalue weighted by Gasteiger charge is -2.25. The van der Waals surface area contributed by atoms with Gasteiger partial charge in [-0.1, -0.05) is 36.4 Å². The van der Waals surface area contributed by atoms with Crippen molar-refractivity contribution in [3.8, 4) is 33.9 Å². The molecule has 10 rings (SSSR count). The number of halogens is 1. The van der Waals surface area contributed by atoms with Crippen LogP contribution >= 0.6 is 12.2 Å². The van der Waals surface area contributed by atoms with Crippen LogP contribution in [0.4, 0.5) is 10.1 Å². The number of anilines is 1. The van der Waals surface area contributed by atoms with Gasteiger partial charge in [0.15, 0.2) is 10.5 Å². The molecular formula is C70H67FN10O8S. The van der Waals surface area contributed by atoms with Gasteiger partial charge in [-0.2, -0.15) is 0 Å². The van der Waals surface area contributed by atoms with E-state index in [0.29, 0.717) is 130 Å². The number of nitrogens with one attached hydrogen (secondary N) is 4. The number of thiocarbonyl (C=S) groups is 1. The molecule has 4 aromatic heterocycles. The highest BCUT2D eigenvalue weighted by molar-refractivity contribution is 7.80. The van der Waals surface area contributed by atoms with Crippen molar-refractivity contribution >= 4 is 51.8 Å². The van der Waals surface area contributed by atoms with Crippen molar-refractivity contribution in [1.82, 2.24) is 45.7 Å². The van der Waals surface area contributed by atoms with E-state index in [1.54, 1.807) is 49.1 Å². The number of hydrogen-bond donors (Lipinski definition) is 6. The van der Waals surface area contributed by atoms with Gasteiger partial charge in [-0.25, -0.2) is 9.18 Å². The molecule has 458 valence electrons. The minimum Gasteiger partial charge on any atom is -0.508 e. The van der Waals surface area contributed by atoms with E-state index >= 15 is 0 Å². The zero-order valence-corrected chi connectivity index (χ0v) is 50.1. The van der Waals surface area contributed by atoms with E-state index in [4.69, 9.17) is 21.4 Å². The summed E-state index contributed by atoms with van der Waals surface area (Å²) in [5.41, 5.74) is 7.62. The van der Waals surface area contributed by atoms with E-state index in [1.165, 1.54) is 54.6 Å². The fraction of sp³-hybridized carbons (Fsp3) is 0.214. The predicted octanol–water partition coefficient (Wildman–Crippen LogP) is 11.3. The minimum atomic E-state index is -1.24. The fourth-order valence-electron chi connectivity index (χ4n) is 10.6. The molecule has 0 saturated heterocycles. The van der Waals surface area contributed by atoms with Crippen molar-refractivity contribution in [2.45, 2.75) is 77.4 Å². The van der Waals surface area contributed by atoms with E-state index < -0.39 is 17.8 Å². The maximum Gasteiger partial charge on any atom is 0.336 e. The normalized spacial score (nSPS) is 11.6. The number of rotatable bonds is 29. The van der Waals surface area contributed by atoms with E-state index in [0.717, 1.165) is 33.9 Å². The standard InChI is InChI=1S/C70H67FN10O8S/c71-50-20-18-49(19-21-50)67(84)76-32-10-5-17-63(79-70(90)78-51-22-25-59(62(38-51)69(86)87)66-60-26-23-56(82)39-64(60)89-65-40-57(83)24-27-61(65)66)68(85)77-33-11-12-34-88-58-36-47(41-80(43-52-13-1-6-28-72-52)44-53-14-2-7-29-73-53)35-48(37-58)42-81(45-54-15-3-8-30-74-54)46-55-16-4-9-31-75-55/h1-4,6-9,13-16,18-31,35-40,63,82H,5,10-12,17,32-34,41-46H2,(H,76,84)(H,77,85)(H,86,87)(H2,78,79,90)/i71-1. The Morgan fingerprint density at radius 3 is 1.77 bits per heavy atom. The summed E-state index contributed by atoms with van der Waals surface area (Å²) in [5.74, 6) is -1.52. The Kier molecular flexibility index (Phi) is 21.7. The molecule has 1 atom stereocenters. The van der Waals surface area contributed by atoms with Gasteiger partial charge >= 0.3 is 5.97 Å². The van der Waals surface area contributed by atoms with Crippen LogP contribution in [0.2, 0.25) is 0 Å². The van der Waals surface area contributed by atoms with Crippen LogP contribution in [-0.2, 0) is 44.1 Å². The third-order valence-electron chi connectivity index (χ3n) is 14.8. The number of aromatic hydroxyl groups is 1. The number of unbranched alkanes of at least 4 members (excludes halogenated alkanes) is 2. The first-order valence-electron chi connectivity index (χ1n) is 29.6. The molecular weight excluding hydrogens is 1160 g/mol. The Morgan fingerprint density at radius 1 is 0.611 bits per heavy atom. The Hall–Kier alpha value is -10.3. The SMILES string of the molecule is O=C(NCCCCC(NC(=S)Nc1ccc(-c2c3ccc(=O)cc-3oc3cc(O)ccc23)c(C(=O)O)c1)C(=O)NCCCCOc1cc(CN(Cc2ccccn2)Cc2ccccn2)cc(CN(Cc2ccccn2)Cc2ccccn2)c1)c1ccc([18F])cc1. The average Bonchev–Trinajstić information content (AvgIpc) is 0.816. The first-order chi connectivity index (χ1) is 43.8. The molecule has 6 N–H and O–H groups in total. The van der Waals surface area contributed by atoms with Crippen LogP contribution < -0.4 is 31.4 Å². The average molecular weight is 1230 g/mol. The highest BCUT2D eigenvalue weighted by Crippen LogP contribution is 2.42. The molecule has 0 saturated carbocycles. The fourth-order valence-corrected chi connectivity index (χ4v) is 10.9. The quantitative estimate of drug-likeness (QED) is 0.0145. The second-order valence-electron chi connectivity index (χ2n) is 21.7. The van der Waals surface area contributed by atoms with Crippen LogP contribution in [0.1, 0.15) is 86.7 Å². The molecule has 0 spiro atoms. The number of amides is 2. The number of carbonyl (C=O) groups excluding carboxylic acids is 2. The summed E-state index contributed by atoms with van der Waals surface area (Å²) in [7, 11) is 0. The van der Waals surface area contributed by atoms with Crippen molar-refractivity contribution in [2.24, 2.45) is 0 Å². The monoisotopic (exact) mass is 1230 g/mol. The number of fused-ring (bicyclic) bond motifs is 2. The number of hydrogen-bond acceptors (Lipinski definition) is 14. The number of aromatic nitrogens is 4. The van der Waals surface area contributed by atoms with Crippen LogP contribution in [0.5, 0.6) is 11.5 Å². The number of nitrogens with zero attached hydrogens (tertiary/aromatic N) is 6. The van der Waals surface area contributed by atoms with E-state index in [2.05, 4.69) is 69.2 Å². The van der Waals surface area contributed by atoms with Gasteiger partial charge < -0.3 is 40.6 Å². The summed E-state index contributed by atoms with van der Waals surface area (Å²) in [4.78, 5) is 75.6. The van der Waals surface area contributed by atoms with Crippen LogP contribution in [0.15, 0.2) is 204 Å². The maximum atomic E-state index is 14.1. The van der Waals surface area contributed by atoms with E-state index in [-0.39, 0.29) is 45.0 Å². The van der Waals surface area contributed by atoms with Crippen molar-refractivity contribution in [3.63, 3.8) is 0 Å². The molecule has 8 aromatic rings. The second-order valence-corrected chi connectivity index (χ2v) is 22.1. The number of pyridine rings is 4. The first kappa shape index (κ1) is 62.8. The smallest absolute Gasteiger partial charge is 0.336 e. The van der Waals surface area contributed by atoms with Gasteiger partial charge in [0.1, 0.15) is 34.7 Å². The van der Waals surface area contributed by atoms with Crippen LogP contribution in [-0.4, -0.2) is 88.6 Å². The minimum absolute atomic E-state index is 0.0554. The molecule has 2 aliphatic rings. The molecule has 1 unspecified atom stereocenters. The Bertz CT molecular complexity index is 3890. The lowest BCUT2D eigenvalue weighted by molar-refractivity contribution is -0.123. The van der Waals surface area contributed by atoms with Crippen LogP contribution in [0.3, 0.4) is 0 Å². The summed E-state index contributed by atoms with van der Waals surface area (Å²) in [6.45, 7) is 4.52. The molecule has 5 heterocycles. The number of benzene rings is 5. The Morgan fingerprint density at radius 2 is 1.19 bits per heavy atom. The largest absolute Gasteiger partial charge is 0.508 e. The van der Waals surface area contributed by atoms with Crippen molar-refractivity contribution in [2.75, 3.05) is 25.0 Å². The number of phenols is 1. The molecule has 1 aliphatic carbocycles. The first-order valence-corrected chi connectivity index (χ1v) is 30.0. The van der Waals surface area contributed by atoms with E-state index in [1.807, 2.05) is 72.8 Å². The molecule has 90 heavy (non-hydrogen) atoms. The number of aromatic carboxylic acids is 1. The van der Waals surface area contributed by atoms with Gasteiger partial charge in [0, 0.05) is 117 Å². The summed E-state index contributed by atoms with van der Waals surface area (Å²) in [5, 5.41) is 33.6. The van der Waals surface area contributed by atoms with Gasteiger partial charge in [-0.05, 0) is 182 Å². The zero-order valence-electron chi connectivity index (χ0n) is 49.3. The van der Waals surface area contributed by atoms with Gasteiger partial charge in [0.05, 0.1) is 34.9 Å². The third kappa shape index (κ3) is 17.9. The van der Waals surface area contributed by atoms with Crippen LogP contribution in [0.25, 0.3) is 33.4 Å². The van der Waals surface area contributed by atoms with Crippen LogP contribution in [0, 0.1) is 5.82 Å². The maximum absolute atomic E-state index is 14.1. The highest BCUT2D eigenvalue weighted by Gasteiger charge is 2.25. The summed E-state index contributed by atoms with van der Waals surface area (Å²) in [6, 6.07) is 47.9. The molecule has 18 nitrogen and oxygen atoms in total. The van der Waals surface area contributed by atoms with Gasteiger partial charge in [0.2, 0.25) is 5.91 Å². The predicted molar refractivity (Wildman–Crippen MR) is 346 cm³/mol.